The van der Waals surface area contributed by atoms with Crippen molar-refractivity contribution in [3.8, 4) is 0 Å². The smallest absolute Gasteiger partial charge is 0.453 e. The standard InChI is InChI=1S/C9H7F6N3O2/c1-2-20-5(19)3-4-18-7(9(13,14)15)16-6(17-18)8(10,11)12/h3-4H,2H2,1H3/b4-3+. The Morgan fingerprint density at radius 3 is 2.30 bits per heavy atom. The minimum Gasteiger partial charge on any atom is -0.463 e. The Bertz CT molecular complexity index is 517. The maximum Gasteiger partial charge on any atom is 0.453 e. The minimum atomic E-state index is -5.16. The van der Waals surface area contributed by atoms with Gasteiger partial charge in [-0.25, -0.2) is 9.48 Å². The van der Waals surface area contributed by atoms with Gasteiger partial charge in [0.05, 0.1) is 6.61 Å². The summed E-state index contributed by atoms with van der Waals surface area (Å²) in [5.41, 5.74) is 0. The molecule has 0 aliphatic rings. The number of hydrogen-bond acceptors (Lipinski definition) is 4. The van der Waals surface area contributed by atoms with Crippen LogP contribution in [0.15, 0.2) is 6.08 Å². The SMILES string of the molecule is CCOC(=O)/C=C/n1nc(C(F)(F)F)nc1C(F)(F)F. The average Bonchev–Trinajstić information content (AvgIpc) is 2.70. The van der Waals surface area contributed by atoms with Gasteiger partial charge in [0.2, 0.25) is 5.82 Å². The first-order valence-corrected chi connectivity index (χ1v) is 5.01. The van der Waals surface area contributed by atoms with Crippen LogP contribution in [0.4, 0.5) is 26.3 Å². The van der Waals surface area contributed by atoms with Crippen LogP contribution in [0.3, 0.4) is 0 Å². The van der Waals surface area contributed by atoms with E-state index in [1.54, 1.807) is 0 Å². The van der Waals surface area contributed by atoms with Gasteiger partial charge in [-0.05, 0) is 6.92 Å². The number of aromatic nitrogens is 3. The van der Waals surface area contributed by atoms with Crippen molar-refractivity contribution in [3.05, 3.63) is 17.7 Å². The van der Waals surface area contributed by atoms with E-state index in [9.17, 15) is 31.1 Å². The molecular formula is C9H7F6N3O2. The molecule has 1 rings (SSSR count). The minimum absolute atomic E-state index is 0.0412. The van der Waals surface area contributed by atoms with Crippen LogP contribution < -0.4 is 0 Å². The number of esters is 1. The van der Waals surface area contributed by atoms with Crippen molar-refractivity contribution in [2.45, 2.75) is 19.3 Å². The molecule has 0 bridgehead atoms. The zero-order chi connectivity index (χ0) is 15.6. The van der Waals surface area contributed by atoms with Crippen LogP contribution in [0.5, 0.6) is 0 Å². The van der Waals surface area contributed by atoms with Crippen molar-refractivity contribution >= 4 is 12.2 Å². The van der Waals surface area contributed by atoms with Crippen LogP contribution in [0, 0.1) is 0 Å². The van der Waals surface area contributed by atoms with Gasteiger partial charge in [-0.2, -0.15) is 31.3 Å². The number of hydrogen-bond donors (Lipinski definition) is 0. The first kappa shape index (κ1) is 16.0. The molecule has 1 heterocycles. The summed E-state index contributed by atoms with van der Waals surface area (Å²) >= 11 is 0. The Hall–Kier alpha value is -2.07. The van der Waals surface area contributed by atoms with E-state index >= 15 is 0 Å². The number of rotatable bonds is 3. The number of carbonyl (C=O) groups is 1. The van der Waals surface area contributed by atoms with Crippen molar-refractivity contribution in [2.75, 3.05) is 6.61 Å². The Kier molecular flexibility index (Phi) is 4.40. The lowest BCUT2D eigenvalue weighted by Crippen LogP contribution is -2.13. The summed E-state index contributed by atoms with van der Waals surface area (Å²) in [5, 5.41) is 2.65. The van der Waals surface area contributed by atoms with Crippen LogP contribution >= 0.6 is 0 Å². The molecule has 0 saturated heterocycles. The van der Waals surface area contributed by atoms with Crippen LogP contribution in [0.1, 0.15) is 18.6 Å². The topological polar surface area (TPSA) is 57.0 Å². The zero-order valence-corrected chi connectivity index (χ0v) is 9.79. The van der Waals surface area contributed by atoms with Crippen LogP contribution in [-0.2, 0) is 21.9 Å². The van der Waals surface area contributed by atoms with Crippen molar-refractivity contribution in [1.82, 2.24) is 14.8 Å². The van der Waals surface area contributed by atoms with Crippen LogP contribution in [0.25, 0.3) is 6.20 Å². The second kappa shape index (κ2) is 5.51. The summed E-state index contributed by atoms with van der Waals surface area (Å²) in [5.74, 6) is -4.88. The highest BCUT2D eigenvalue weighted by atomic mass is 19.4. The van der Waals surface area contributed by atoms with Crippen molar-refractivity contribution in [3.63, 3.8) is 0 Å². The maximum absolute atomic E-state index is 12.5. The first-order valence-electron chi connectivity index (χ1n) is 5.01. The molecule has 0 N–H and O–H groups in total. The average molecular weight is 303 g/mol. The third kappa shape index (κ3) is 3.96. The van der Waals surface area contributed by atoms with E-state index in [2.05, 4.69) is 14.8 Å². The van der Waals surface area contributed by atoms with Gasteiger partial charge < -0.3 is 4.74 Å². The van der Waals surface area contributed by atoms with Gasteiger partial charge >= 0.3 is 18.3 Å². The van der Waals surface area contributed by atoms with Gasteiger partial charge in [-0.15, -0.1) is 5.10 Å². The first-order chi connectivity index (χ1) is 9.05. The Morgan fingerprint density at radius 2 is 1.85 bits per heavy atom. The predicted octanol–water partition coefficient (Wildman–Crippen LogP) is 2.35. The molecule has 112 valence electrons. The summed E-state index contributed by atoms with van der Waals surface area (Å²) in [6.07, 6.45) is -9.39. The molecule has 0 aliphatic heterocycles. The van der Waals surface area contributed by atoms with Gasteiger partial charge in [-0.3, -0.25) is 0 Å². The molecule has 0 fully saturated rings. The third-order valence-corrected chi connectivity index (χ3v) is 1.78. The summed E-state index contributed by atoms with van der Waals surface area (Å²) < 4.78 is 78.4. The van der Waals surface area contributed by atoms with Crippen molar-refractivity contribution < 1.29 is 35.9 Å². The van der Waals surface area contributed by atoms with E-state index in [-0.39, 0.29) is 11.3 Å². The monoisotopic (exact) mass is 303 g/mol. The molecule has 0 radical (unpaired) electrons. The molecule has 11 heteroatoms. The van der Waals surface area contributed by atoms with E-state index < -0.39 is 30.0 Å². The molecule has 0 unspecified atom stereocenters. The fourth-order valence-electron chi connectivity index (χ4n) is 1.06. The van der Waals surface area contributed by atoms with E-state index in [1.807, 2.05) is 0 Å². The Balaban J connectivity index is 3.17. The van der Waals surface area contributed by atoms with Crippen LogP contribution in [0.2, 0.25) is 0 Å². The van der Waals surface area contributed by atoms with Crippen molar-refractivity contribution in [1.29, 1.82) is 0 Å². The number of ether oxygens (including phenoxy) is 1. The molecule has 5 nitrogen and oxygen atoms in total. The summed E-state index contributed by atoms with van der Waals surface area (Å²) in [6, 6.07) is 0. The summed E-state index contributed by atoms with van der Waals surface area (Å²) in [6.45, 7) is 1.41. The third-order valence-electron chi connectivity index (χ3n) is 1.78. The lowest BCUT2D eigenvalue weighted by molar-refractivity contribution is -0.150. The molecular weight excluding hydrogens is 296 g/mol. The quantitative estimate of drug-likeness (QED) is 0.488. The summed E-state index contributed by atoms with van der Waals surface area (Å²) in [4.78, 5) is 13.3. The van der Waals surface area contributed by atoms with E-state index in [1.165, 1.54) is 6.92 Å². The molecule has 0 saturated carbocycles. The molecule has 0 amide bonds. The number of nitrogens with zero attached hydrogens (tertiary/aromatic N) is 3. The molecule has 20 heavy (non-hydrogen) atoms. The predicted molar refractivity (Wildman–Crippen MR) is 52.0 cm³/mol. The molecule has 0 aromatic carbocycles. The Morgan fingerprint density at radius 1 is 1.25 bits per heavy atom. The lowest BCUT2D eigenvalue weighted by Gasteiger charge is -2.03. The fraction of sp³-hybridized carbons (Fsp3) is 0.444. The van der Waals surface area contributed by atoms with Gasteiger partial charge in [-0.1, -0.05) is 0 Å². The second-order valence-corrected chi connectivity index (χ2v) is 3.27. The molecule has 0 spiro atoms. The maximum atomic E-state index is 12.5. The highest BCUT2D eigenvalue weighted by molar-refractivity contribution is 5.84. The molecule has 1 aromatic rings. The summed E-state index contributed by atoms with van der Waals surface area (Å²) in [7, 11) is 0. The van der Waals surface area contributed by atoms with E-state index in [0.717, 1.165) is 0 Å². The van der Waals surface area contributed by atoms with Crippen molar-refractivity contribution in [2.24, 2.45) is 0 Å². The second-order valence-electron chi connectivity index (χ2n) is 3.27. The number of halogens is 6. The van der Waals surface area contributed by atoms with Gasteiger partial charge in [0.25, 0.3) is 5.82 Å². The van der Waals surface area contributed by atoms with Crippen LogP contribution in [-0.4, -0.2) is 27.3 Å². The van der Waals surface area contributed by atoms with E-state index in [0.29, 0.717) is 12.3 Å². The normalized spacial score (nSPS) is 12.9. The van der Waals surface area contributed by atoms with Gasteiger partial charge in [0.1, 0.15) is 0 Å². The van der Waals surface area contributed by atoms with Gasteiger partial charge in [0.15, 0.2) is 0 Å². The molecule has 0 atom stereocenters. The largest absolute Gasteiger partial charge is 0.463 e. The Labute approximate surface area is 107 Å². The number of carbonyl (C=O) groups excluding carboxylic acids is 1. The molecule has 0 aliphatic carbocycles. The fourth-order valence-corrected chi connectivity index (χ4v) is 1.06. The number of alkyl halides is 6. The van der Waals surface area contributed by atoms with E-state index in [4.69, 9.17) is 0 Å². The zero-order valence-electron chi connectivity index (χ0n) is 9.79. The lowest BCUT2D eigenvalue weighted by atomic mass is 10.5. The molecule has 1 aromatic heterocycles. The highest BCUT2D eigenvalue weighted by Crippen LogP contribution is 2.32. The van der Waals surface area contributed by atoms with Gasteiger partial charge in [0, 0.05) is 12.3 Å². The highest BCUT2D eigenvalue weighted by Gasteiger charge is 2.43.